The number of ether oxygens (including phenoxy) is 1. The van der Waals surface area contributed by atoms with Gasteiger partial charge in [-0.25, -0.2) is 10.3 Å². The van der Waals surface area contributed by atoms with E-state index in [1.54, 1.807) is 24.3 Å². The molecule has 2 saturated heterocycles. The number of rotatable bonds is 6. The summed E-state index contributed by atoms with van der Waals surface area (Å²) in [5, 5.41) is 3.17. The van der Waals surface area contributed by atoms with E-state index < -0.39 is 6.04 Å². The molecular formula is C18H24N4O4. The van der Waals surface area contributed by atoms with Crippen LogP contribution in [0, 0.1) is 5.92 Å². The predicted molar refractivity (Wildman–Crippen MR) is 95.4 cm³/mol. The van der Waals surface area contributed by atoms with Crippen molar-refractivity contribution in [2.75, 3.05) is 24.6 Å². The van der Waals surface area contributed by atoms with Crippen LogP contribution in [0.5, 0.6) is 5.75 Å². The van der Waals surface area contributed by atoms with E-state index in [0.717, 1.165) is 24.3 Å². The zero-order chi connectivity index (χ0) is 18.5. The third-order valence-electron chi connectivity index (χ3n) is 4.59. The molecule has 3 rings (SSSR count). The number of amides is 3. The summed E-state index contributed by atoms with van der Waals surface area (Å²) in [4.78, 5) is 38.1. The topological polar surface area (TPSA) is 99.8 Å². The molecule has 0 radical (unpaired) electrons. The molecule has 0 aliphatic carbocycles. The van der Waals surface area contributed by atoms with E-state index in [1.165, 1.54) is 0 Å². The minimum atomic E-state index is -0.755. The number of anilines is 1. The van der Waals surface area contributed by atoms with Crippen molar-refractivity contribution in [1.82, 2.24) is 16.2 Å². The van der Waals surface area contributed by atoms with Crippen LogP contribution in [-0.4, -0.2) is 43.5 Å². The second-order valence-electron chi connectivity index (χ2n) is 6.43. The zero-order valence-electron chi connectivity index (χ0n) is 14.8. The van der Waals surface area contributed by atoms with E-state index in [0.29, 0.717) is 24.6 Å². The van der Waals surface area contributed by atoms with Crippen molar-refractivity contribution >= 4 is 23.4 Å². The highest BCUT2D eigenvalue weighted by molar-refractivity contribution is 6.22. The summed E-state index contributed by atoms with van der Waals surface area (Å²) in [7, 11) is 0. The first-order valence-corrected chi connectivity index (χ1v) is 8.96. The van der Waals surface area contributed by atoms with E-state index >= 15 is 0 Å². The molecule has 140 valence electrons. The average Bonchev–Trinajstić information content (AvgIpc) is 2.95. The van der Waals surface area contributed by atoms with Gasteiger partial charge >= 0.3 is 0 Å². The summed E-state index contributed by atoms with van der Waals surface area (Å²) in [6, 6.07) is 6.04. The van der Waals surface area contributed by atoms with Crippen molar-refractivity contribution in [3.63, 3.8) is 0 Å². The Morgan fingerprint density at radius 3 is 2.73 bits per heavy atom. The lowest BCUT2D eigenvalue weighted by Crippen LogP contribution is -2.51. The highest BCUT2D eigenvalue weighted by atomic mass is 16.5. The zero-order valence-corrected chi connectivity index (χ0v) is 14.8. The first kappa shape index (κ1) is 18.3. The van der Waals surface area contributed by atoms with Gasteiger partial charge in [0.25, 0.3) is 5.91 Å². The van der Waals surface area contributed by atoms with Gasteiger partial charge in [-0.2, -0.15) is 0 Å². The van der Waals surface area contributed by atoms with Gasteiger partial charge in [0.05, 0.1) is 24.6 Å². The maximum atomic E-state index is 12.6. The van der Waals surface area contributed by atoms with Crippen molar-refractivity contribution in [3.05, 3.63) is 24.3 Å². The Labute approximate surface area is 152 Å². The van der Waals surface area contributed by atoms with E-state index in [4.69, 9.17) is 4.74 Å². The second-order valence-corrected chi connectivity index (χ2v) is 6.43. The maximum absolute atomic E-state index is 12.6. The third-order valence-corrected chi connectivity index (χ3v) is 4.59. The Hall–Kier alpha value is -2.45. The smallest absolute Gasteiger partial charge is 0.253 e. The van der Waals surface area contributed by atoms with Crippen LogP contribution in [0.2, 0.25) is 0 Å². The summed E-state index contributed by atoms with van der Waals surface area (Å²) in [6.07, 6.45) is 1.77. The van der Waals surface area contributed by atoms with Crippen LogP contribution in [0.3, 0.4) is 0 Å². The summed E-state index contributed by atoms with van der Waals surface area (Å²) in [5.74, 6) is -0.271. The Morgan fingerprint density at radius 1 is 1.31 bits per heavy atom. The van der Waals surface area contributed by atoms with Crippen molar-refractivity contribution in [2.45, 2.75) is 32.2 Å². The molecule has 3 N–H and O–H groups in total. The molecule has 2 heterocycles. The molecule has 8 heteroatoms. The summed E-state index contributed by atoms with van der Waals surface area (Å²) in [5.41, 5.74) is 5.82. The fourth-order valence-corrected chi connectivity index (χ4v) is 3.21. The van der Waals surface area contributed by atoms with Gasteiger partial charge in [-0.3, -0.25) is 19.8 Å². The number of hydrogen-bond donors (Lipinski definition) is 3. The monoisotopic (exact) mass is 360 g/mol. The SMILES string of the molecule is CCOc1ccc(N2C(=O)C[C@H](NNC(=O)[C@H]3CCCNC3)C2=O)cc1. The number of nitrogens with zero attached hydrogens (tertiary/aromatic N) is 1. The molecule has 26 heavy (non-hydrogen) atoms. The number of hydrogen-bond acceptors (Lipinski definition) is 6. The fraction of sp³-hybridized carbons (Fsp3) is 0.500. The lowest BCUT2D eigenvalue weighted by Gasteiger charge is -2.23. The van der Waals surface area contributed by atoms with Gasteiger partial charge in [-0.05, 0) is 50.6 Å². The van der Waals surface area contributed by atoms with Crippen molar-refractivity contribution in [2.24, 2.45) is 5.92 Å². The molecule has 8 nitrogen and oxygen atoms in total. The number of hydrazine groups is 1. The van der Waals surface area contributed by atoms with Gasteiger partial charge in [0, 0.05) is 6.54 Å². The van der Waals surface area contributed by atoms with E-state index in [1.807, 2.05) is 6.92 Å². The summed E-state index contributed by atoms with van der Waals surface area (Å²) >= 11 is 0. The molecule has 0 saturated carbocycles. The van der Waals surface area contributed by atoms with Gasteiger partial charge in [0.1, 0.15) is 11.8 Å². The van der Waals surface area contributed by atoms with Crippen LogP contribution in [0.15, 0.2) is 24.3 Å². The lowest BCUT2D eigenvalue weighted by molar-refractivity contribution is -0.127. The van der Waals surface area contributed by atoms with Gasteiger partial charge in [0.2, 0.25) is 11.8 Å². The summed E-state index contributed by atoms with van der Waals surface area (Å²) in [6.45, 7) is 3.98. The molecule has 1 aromatic rings. The number of nitrogens with one attached hydrogen (secondary N) is 3. The highest BCUT2D eigenvalue weighted by Gasteiger charge is 2.40. The molecule has 0 aromatic heterocycles. The number of piperidine rings is 1. The second kappa shape index (κ2) is 8.29. The molecule has 0 spiro atoms. The number of carbonyl (C=O) groups excluding carboxylic acids is 3. The minimum absolute atomic E-state index is 0.00917. The maximum Gasteiger partial charge on any atom is 0.253 e. The van der Waals surface area contributed by atoms with E-state index in [2.05, 4.69) is 16.2 Å². The van der Waals surface area contributed by atoms with Crippen LogP contribution >= 0.6 is 0 Å². The molecule has 2 aliphatic heterocycles. The molecular weight excluding hydrogens is 336 g/mol. The van der Waals surface area contributed by atoms with Gasteiger partial charge < -0.3 is 10.1 Å². The first-order chi connectivity index (χ1) is 12.6. The van der Waals surface area contributed by atoms with Crippen molar-refractivity contribution < 1.29 is 19.1 Å². The first-order valence-electron chi connectivity index (χ1n) is 8.96. The minimum Gasteiger partial charge on any atom is -0.494 e. The van der Waals surface area contributed by atoms with Crippen molar-refractivity contribution in [1.29, 1.82) is 0 Å². The predicted octanol–water partition coefficient (Wildman–Crippen LogP) is 0.338. The average molecular weight is 360 g/mol. The van der Waals surface area contributed by atoms with Crippen LogP contribution < -0.4 is 25.8 Å². The molecule has 0 bridgehead atoms. The molecule has 2 atom stereocenters. The molecule has 3 amide bonds. The quantitative estimate of drug-likeness (QED) is 0.500. The molecule has 2 aliphatic rings. The van der Waals surface area contributed by atoms with E-state index in [9.17, 15) is 14.4 Å². The van der Waals surface area contributed by atoms with Gasteiger partial charge in [0.15, 0.2) is 0 Å². The van der Waals surface area contributed by atoms with Crippen LogP contribution in [0.1, 0.15) is 26.2 Å². The molecule has 1 aromatic carbocycles. The lowest BCUT2D eigenvalue weighted by atomic mass is 9.99. The largest absolute Gasteiger partial charge is 0.494 e. The van der Waals surface area contributed by atoms with Gasteiger partial charge in [-0.1, -0.05) is 0 Å². The van der Waals surface area contributed by atoms with Crippen LogP contribution in [0.25, 0.3) is 0 Å². The number of imide groups is 1. The highest BCUT2D eigenvalue weighted by Crippen LogP contribution is 2.25. The fourth-order valence-electron chi connectivity index (χ4n) is 3.21. The van der Waals surface area contributed by atoms with Crippen molar-refractivity contribution in [3.8, 4) is 5.75 Å². The van der Waals surface area contributed by atoms with Crippen LogP contribution in [-0.2, 0) is 14.4 Å². The normalized spacial score (nSPS) is 23.2. The van der Waals surface area contributed by atoms with Crippen LogP contribution in [0.4, 0.5) is 5.69 Å². The Kier molecular flexibility index (Phi) is 5.85. The number of carbonyl (C=O) groups is 3. The molecule has 2 fully saturated rings. The Bertz CT molecular complexity index is 670. The third kappa shape index (κ3) is 4.03. The Balaban J connectivity index is 1.58. The number of benzene rings is 1. The summed E-state index contributed by atoms with van der Waals surface area (Å²) < 4.78 is 5.37. The van der Waals surface area contributed by atoms with Gasteiger partial charge in [-0.15, -0.1) is 0 Å². The standard InChI is InChI=1S/C18H24N4O4/c1-2-26-14-7-5-13(6-8-14)22-16(23)10-15(18(22)25)20-21-17(24)12-4-3-9-19-11-12/h5-8,12,15,19-20H,2-4,9-11H2,1H3,(H,21,24)/t12-,15-/m0/s1. The molecule has 0 unspecified atom stereocenters. The van der Waals surface area contributed by atoms with E-state index in [-0.39, 0.29) is 30.1 Å². The Morgan fingerprint density at radius 2 is 2.08 bits per heavy atom.